The molecule has 0 aromatic heterocycles. The highest BCUT2D eigenvalue weighted by Gasteiger charge is 2.29. The monoisotopic (exact) mass is 391 g/mol. The van der Waals surface area contributed by atoms with Gasteiger partial charge in [0.05, 0.1) is 16.5 Å². The van der Waals surface area contributed by atoms with Crippen molar-refractivity contribution >= 4 is 27.5 Å². The van der Waals surface area contributed by atoms with Gasteiger partial charge in [-0.15, -0.1) is 0 Å². The minimum absolute atomic E-state index is 0.0261. The highest BCUT2D eigenvalue weighted by Crippen LogP contribution is 2.23. The molecule has 9 heteroatoms. The summed E-state index contributed by atoms with van der Waals surface area (Å²) < 4.78 is 39.8. The number of amides is 1. The Hall–Kier alpha value is -1.22. The van der Waals surface area contributed by atoms with Crippen molar-refractivity contribution in [2.75, 3.05) is 32.7 Å². The molecular formula is C16H23ClFN3O3S. The number of nitrogens with zero attached hydrogens (tertiary/aromatic N) is 2. The Morgan fingerprint density at radius 2 is 1.96 bits per heavy atom. The Morgan fingerprint density at radius 1 is 1.32 bits per heavy atom. The van der Waals surface area contributed by atoms with Crippen molar-refractivity contribution in [1.29, 1.82) is 0 Å². The van der Waals surface area contributed by atoms with Crippen LogP contribution in [-0.4, -0.2) is 62.3 Å². The molecule has 1 saturated heterocycles. The summed E-state index contributed by atoms with van der Waals surface area (Å²) in [5.74, 6) is -0.714. The predicted molar refractivity (Wildman–Crippen MR) is 94.5 cm³/mol. The van der Waals surface area contributed by atoms with Gasteiger partial charge in [0, 0.05) is 32.2 Å². The molecule has 0 aliphatic carbocycles. The van der Waals surface area contributed by atoms with Crippen molar-refractivity contribution in [1.82, 2.24) is 14.5 Å². The second kappa shape index (κ2) is 8.44. The quantitative estimate of drug-likeness (QED) is 0.801. The van der Waals surface area contributed by atoms with Gasteiger partial charge in [-0.1, -0.05) is 18.5 Å². The van der Waals surface area contributed by atoms with E-state index in [0.717, 1.165) is 18.6 Å². The summed E-state index contributed by atoms with van der Waals surface area (Å²) in [6, 6.07) is 3.50. The van der Waals surface area contributed by atoms with E-state index in [0.29, 0.717) is 13.1 Å². The summed E-state index contributed by atoms with van der Waals surface area (Å²) in [4.78, 5) is 13.8. The van der Waals surface area contributed by atoms with Crippen LogP contribution in [0.4, 0.5) is 4.39 Å². The Labute approximate surface area is 153 Å². The normalized spacial score (nSPS) is 18.1. The third kappa shape index (κ3) is 5.13. The van der Waals surface area contributed by atoms with Gasteiger partial charge >= 0.3 is 0 Å². The van der Waals surface area contributed by atoms with Crippen LogP contribution in [0.15, 0.2) is 23.1 Å². The van der Waals surface area contributed by atoms with E-state index in [4.69, 9.17) is 11.6 Å². The standard InChI is InChI=1S/C16H23ClFN3O3S/c1-3-12(2)19-16(22)11-20-6-8-21(9-7-20)25(23,24)13-4-5-15(18)14(17)10-13/h4-5,10,12H,3,6-9,11H2,1-2H3,(H,19,22)/t12-/m1/s1. The number of piperazine rings is 1. The lowest BCUT2D eigenvalue weighted by atomic mass is 10.2. The highest BCUT2D eigenvalue weighted by atomic mass is 35.5. The maximum absolute atomic E-state index is 13.2. The van der Waals surface area contributed by atoms with Crippen molar-refractivity contribution in [3.63, 3.8) is 0 Å². The fourth-order valence-corrected chi connectivity index (χ4v) is 4.23. The third-order valence-corrected chi connectivity index (χ3v) is 6.43. The van der Waals surface area contributed by atoms with Crippen LogP contribution >= 0.6 is 11.6 Å². The fourth-order valence-electron chi connectivity index (χ4n) is 2.54. The average molecular weight is 392 g/mol. The van der Waals surface area contributed by atoms with Crippen molar-refractivity contribution in [3.8, 4) is 0 Å². The third-order valence-electron chi connectivity index (χ3n) is 4.25. The Bertz CT molecular complexity index is 721. The second-order valence-electron chi connectivity index (χ2n) is 6.13. The van der Waals surface area contributed by atoms with Crippen LogP contribution in [0, 0.1) is 5.82 Å². The number of carbonyl (C=O) groups is 1. The van der Waals surface area contributed by atoms with Gasteiger partial charge in [0.1, 0.15) is 5.82 Å². The van der Waals surface area contributed by atoms with Gasteiger partial charge in [0.2, 0.25) is 15.9 Å². The number of hydrogen-bond acceptors (Lipinski definition) is 4. The van der Waals surface area contributed by atoms with Gasteiger partial charge in [0.15, 0.2) is 0 Å². The van der Waals surface area contributed by atoms with E-state index in [9.17, 15) is 17.6 Å². The van der Waals surface area contributed by atoms with Crippen molar-refractivity contribution < 1.29 is 17.6 Å². The minimum atomic E-state index is -3.72. The van der Waals surface area contributed by atoms with Crippen LogP contribution in [0.5, 0.6) is 0 Å². The molecule has 140 valence electrons. The van der Waals surface area contributed by atoms with E-state index in [1.807, 2.05) is 18.7 Å². The van der Waals surface area contributed by atoms with E-state index >= 15 is 0 Å². The molecule has 0 unspecified atom stereocenters. The summed E-state index contributed by atoms with van der Waals surface area (Å²) in [6.45, 7) is 5.65. The van der Waals surface area contributed by atoms with E-state index in [1.165, 1.54) is 10.4 Å². The van der Waals surface area contributed by atoms with Gasteiger partial charge in [0.25, 0.3) is 0 Å². The van der Waals surface area contributed by atoms with Crippen LogP contribution in [-0.2, 0) is 14.8 Å². The molecule has 1 N–H and O–H groups in total. The molecule has 1 aromatic carbocycles. The lowest BCUT2D eigenvalue weighted by molar-refractivity contribution is -0.123. The number of halogens is 2. The first-order valence-electron chi connectivity index (χ1n) is 8.21. The highest BCUT2D eigenvalue weighted by molar-refractivity contribution is 7.89. The van der Waals surface area contributed by atoms with E-state index in [1.54, 1.807) is 0 Å². The van der Waals surface area contributed by atoms with Crippen LogP contribution in [0.25, 0.3) is 0 Å². The second-order valence-corrected chi connectivity index (χ2v) is 8.48. The van der Waals surface area contributed by atoms with E-state index in [2.05, 4.69) is 5.32 Å². The van der Waals surface area contributed by atoms with E-state index in [-0.39, 0.29) is 41.5 Å². The fraction of sp³-hybridized carbons (Fsp3) is 0.562. The summed E-state index contributed by atoms with van der Waals surface area (Å²) in [7, 11) is -3.72. The van der Waals surface area contributed by atoms with Crippen LogP contribution in [0.3, 0.4) is 0 Å². The van der Waals surface area contributed by atoms with Crippen LogP contribution in [0.2, 0.25) is 5.02 Å². The van der Waals surface area contributed by atoms with Crippen molar-refractivity contribution in [2.24, 2.45) is 0 Å². The summed E-state index contributed by atoms with van der Waals surface area (Å²) in [6.07, 6.45) is 0.859. The molecule has 1 fully saturated rings. The minimum Gasteiger partial charge on any atom is -0.353 e. The lowest BCUT2D eigenvalue weighted by Gasteiger charge is -2.33. The Morgan fingerprint density at radius 3 is 2.52 bits per heavy atom. The van der Waals surface area contributed by atoms with Gasteiger partial charge in [-0.2, -0.15) is 4.31 Å². The molecule has 0 bridgehead atoms. The number of rotatable bonds is 6. The van der Waals surface area contributed by atoms with Crippen LogP contribution in [0.1, 0.15) is 20.3 Å². The summed E-state index contributed by atoms with van der Waals surface area (Å²) in [5, 5.41) is 2.67. The largest absolute Gasteiger partial charge is 0.353 e. The number of nitrogens with one attached hydrogen (secondary N) is 1. The molecule has 0 radical (unpaired) electrons. The van der Waals surface area contributed by atoms with E-state index < -0.39 is 15.8 Å². The zero-order chi connectivity index (χ0) is 18.6. The number of hydrogen-bond donors (Lipinski definition) is 1. The molecule has 1 aromatic rings. The van der Waals surface area contributed by atoms with Gasteiger partial charge in [-0.25, -0.2) is 12.8 Å². The average Bonchev–Trinajstić information content (AvgIpc) is 2.57. The number of carbonyl (C=O) groups excluding carboxylic acids is 1. The molecule has 1 amide bonds. The molecule has 1 aliphatic rings. The summed E-state index contributed by atoms with van der Waals surface area (Å²) >= 11 is 5.68. The molecule has 25 heavy (non-hydrogen) atoms. The molecule has 0 saturated carbocycles. The summed E-state index contributed by atoms with van der Waals surface area (Å²) in [5.41, 5.74) is 0. The first-order chi connectivity index (χ1) is 11.7. The molecule has 6 nitrogen and oxygen atoms in total. The number of sulfonamides is 1. The molecule has 2 rings (SSSR count). The predicted octanol–water partition coefficient (Wildman–Crippen LogP) is 1.70. The molecule has 1 heterocycles. The van der Waals surface area contributed by atoms with Gasteiger partial charge in [-0.05, 0) is 31.5 Å². The molecular weight excluding hydrogens is 369 g/mol. The maximum atomic E-state index is 13.2. The smallest absolute Gasteiger partial charge is 0.243 e. The maximum Gasteiger partial charge on any atom is 0.243 e. The first-order valence-corrected chi connectivity index (χ1v) is 10.0. The molecule has 1 aliphatic heterocycles. The lowest BCUT2D eigenvalue weighted by Crippen LogP contribution is -2.51. The number of benzene rings is 1. The zero-order valence-corrected chi connectivity index (χ0v) is 15.9. The molecule has 1 atom stereocenters. The van der Waals surface area contributed by atoms with Crippen LogP contribution < -0.4 is 5.32 Å². The Balaban J connectivity index is 1.94. The van der Waals surface area contributed by atoms with Crippen molar-refractivity contribution in [2.45, 2.75) is 31.2 Å². The van der Waals surface area contributed by atoms with Crippen molar-refractivity contribution in [3.05, 3.63) is 29.0 Å². The zero-order valence-electron chi connectivity index (χ0n) is 14.3. The SMILES string of the molecule is CC[C@@H](C)NC(=O)CN1CCN(S(=O)(=O)c2ccc(F)c(Cl)c2)CC1. The van der Waals surface area contributed by atoms with Gasteiger partial charge < -0.3 is 5.32 Å². The molecule has 0 spiro atoms. The van der Waals surface area contributed by atoms with Gasteiger partial charge in [-0.3, -0.25) is 9.69 Å². The topological polar surface area (TPSA) is 69.7 Å². The first kappa shape index (κ1) is 20.1. The Kier molecular flexibility index (Phi) is 6.79.